The van der Waals surface area contributed by atoms with Gasteiger partial charge in [0.15, 0.2) is 0 Å². The summed E-state index contributed by atoms with van der Waals surface area (Å²) in [6.07, 6.45) is 5.09. The number of likely N-dealkylation sites (N-methyl/N-ethyl adjacent to an activating group) is 1. The molecule has 0 amide bonds. The Bertz CT molecular complexity index is 363. The van der Waals surface area contributed by atoms with Crippen LogP contribution in [0.25, 0.3) is 0 Å². The lowest BCUT2D eigenvalue weighted by Gasteiger charge is -2.26. The molecule has 18 heavy (non-hydrogen) atoms. The Labute approximate surface area is 115 Å². The molecule has 0 radical (unpaired) electrons. The predicted octanol–water partition coefficient (Wildman–Crippen LogP) is 3.26. The van der Waals surface area contributed by atoms with Crippen molar-refractivity contribution in [3.63, 3.8) is 0 Å². The van der Waals surface area contributed by atoms with Gasteiger partial charge in [0.05, 0.1) is 6.10 Å². The maximum Gasteiger partial charge on any atom is 0.0616 e. The van der Waals surface area contributed by atoms with E-state index in [-0.39, 0.29) is 0 Å². The van der Waals surface area contributed by atoms with Crippen molar-refractivity contribution in [2.45, 2.75) is 51.7 Å². The number of rotatable bonds is 6. The van der Waals surface area contributed by atoms with E-state index >= 15 is 0 Å². The first kappa shape index (κ1) is 14.0. The fourth-order valence-electron chi connectivity index (χ4n) is 2.95. The molecule has 1 aromatic rings. The summed E-state index contributed by atoms with van der Waals surface area (Å²) in [4.78, 5) is 3.00. The molecule has 0 saturated carbocycles. The molecule has 0 bridgehead atoms. The van der Waals surface area contributed by atoms with Gasteiger partial charge in [-0.2, -0.15) is 0 Å². The van der Waals surface area contributed by atoms with Crippen LogP contribution in [-0.2, 0) is 17.6 Å². The summed E-state index contributed by atoms with van der Waals surface area (Å²) in [5.41, 5.74) is 0. The molecule has 102 valence electrons. The zero-order valence-corrected chi connectivity index (χ0v) is 12.6. The van der Waals surface area contributed by atoms with Crippen molar-refractivity contribution in [3.8, 4) is 0 Å². The highest BCUT2D eigenvalue weighted by Gasteiger charge is 2.32. The quantitative estimate of drug-likeness (QED) is 0.854. The minimum absolute atomic E-state index is 0.452. The number of aryl methyl sites for hydroxylation is 1. The summed E-state index contributed by atoms with van der Waals surface area (Å²) in [5.74, 6) is 0.673. The lowest BCUT2D eigenvalue weighted by atomic mass is 9.89. The van der Waals surface area contributed by atoms with Crippen LogP contribution in [0.1, 0.15) is 36.4 Å². The fourth-order valence-corrected chi connectivity index (χ4v) is 3.97. The molecule has 1 aliphatic rings. The molecule has 2 heterocycles. The van der Waals surface area contributed by atoms with Crippen LogP contribution in [0.4, 0.5) is 0 Å². The minimum atomic E-state index is 0.452. The van der Waals surface area contributed by atoms with Crippen molar-refractivity contribution in [1.29, 1.82) is 0 Å². The van der Waals surface area contributed by atoms with Crippen LogP contribution in [0, 0.1) is 5.92 Å². The number of thiophene rings is 1. The summed E-state index contributed by atoms with van der Waals surface area (Å²) in [6.45, 7) is 5.39. The number of hydrogen-bond donors (Lipinski definition) is 1. The van der Waals surface area contributed by atoms with Gasteiger partial charge in [-0.05, 0) is 44.9 Å². The third-order valence-corrected chi connectivity index (χ3v) is 5.29. The first-order valence-corrected chi connectivity index (χ1v) is 7.96. The van der Waals surface area contributed by atoms with Gasteiger partial charge in [0.25, 0.3) is 0 Å². The second-order valence-electron chi connectivity index (χ2n) is 5.09. The monoisotopic (exact) mass is 267 g/mol. The Balaban J connectivity index is 2.00. The third-order valence-electron chi connectivity index (χ3n) is 4.04. The summed E-state index contributed by atoms with van der Waals surface area (Å²) in [7, 11) is 2.09. The molecule has 1 aromatic heterocycles. The van der Waals surface area contributed by atoms with Crippen LogP contribution in [0.3, 0.4) is 0 Å². The molecule has 0 aromatic carbocycles. The smallest absolute Gasteiger partial charge is 0.0616 e. The molecular formula is C15H25NOS. The molecule has 1 saturated heterocycles. The Morgan fingerprint density at radius 1 is 1.39 bits per heavy atom. The molecule has 2 rings (SSSR count). The van der Waals surface area contributed by atoms with E-state index in [0.29, 0.717) is 18.1 Å². The van der Waals surface area contributed by atoms with Crippen molar-refractivity contribution in [2.75, 3.05) is 13.7 Å². The predicted molar refractivity (Wildman–Crippen MR) is 78.4 cm³/mol. The Morgan fingerprint density at radius 3 is 2.78 bits per heavy atom. The van der Waals surface area contributed by atoms with Gasteiger partial charge in [0.1, 0.15) is 0 Å². The standard InChI is InChI=1S/C15H25NOS/c1-4-11-6-7-12(18-11)10-14(16-3)13-8-9-17-15(13)5-2/h6-7,13-16H,4-5,8-10H2,1-3H3. The minimum Gasteiger partial charge on any atom is -0.378 e. The van der Waals surface area contributed by atoms with Crippen LogP contribution >= 0.6 is 11.3 Å². The molecule has 1 N–H and O–H groups in total. The van der Waals surface area contributed by atoms with E-state index in [0.717, 1.165) is 25.9 Å². The molecule has 1 fully saturated rings. The van der Waals surface area contributed by atoms with Gasteiger partial charge in [-0.3, -0.25) is 0 Å². The topological polar surface area (TPSA) is 21.3 Å². The molecule has 2 nitrogen and oxygen atoms in total. The van der Waals surface area contributed by atoms with Crippen molar-refractivity contribution in [1.82, 2.24) is 5.32 Å². The Hall–Kier alpha value is -0.380. The van der Waals surface area contributed by atoms with E-state index in [1.807, 2.05) is 11.3 Å². The molecule has 3 heteroatoms. The Kier molecular flexibility index (Phi) is 5.22. The van der Waals surface area contributed by atoms with Crippen LogP contribution in [-0.4, -0.2) is 25.8 Å². The highest BCUT2D eigenvalue weighted by Crippen LogP contribution is 2.29. The van der Waals surface area contributed by atoms with E-state index in [4.69, 9.17) is 4.74 Å². The fraction of sp³-hybridized carbons (Fsp3) is 0.733. The molecule has 0 aliphatic carbocycles. The zero-order chi connectivity index (χ0) is 13.0. The van der Waals surface area contributed by atoms with Gasteiger partial charge < -0.3 is 10.1 Å². The molecule has 0 spiro atoms. The maximum absolute atomic E-state index is 5.83. The zero-order valence-electron chi connectivity index (χ0n) is 11.7. The first-order valence-electron chi connectivity index (χ1n) is 7.14. The van der Waals surface area contributed by atoms with Crippen molar-refractivity contribution in [3.05, 3.63) is 21.9 Å². The summed E-state index contributed by atoms with van der Waals surface area (Å²) >= 11 is 1.96. The molecule has 3 unspecified atom stereocenters. The summed E-state index contributed by atoms with van der Waals surface area (Å²) in [5, 5.41) is 3.51. The first-order chi connectivity index (χ1) is 8.78. The van der Waals surface area contributed by atoms with Gasteiger partial charge in [-0.25, -0.2) is 0 Å². The van der Waals surface area contributed by atoms with E-state index < -0.39 is 0 Å². The van der Waals surface area contributed by atoms with E-state index in [1.54, 1.807) is 0 Å². The van der Waals surface area contributed by atoms with Gasteiger partial charge in [-0.15, -0.1) is 11.3 Å². The summed E-state index contributed by atoms with van der Waals surface area (Å²) in [6, 6.07) is 5.13. The largest absolute Gasteiger partial charge is 0.378 e. The van der Waals surface area contributed by atoms with Gasteiger partial charge >= 0.3 is 0 Å². The van der Waals surface area contributed by atoms with E-state index in [9.17, 15) is 0 Å². The average molecular weight is 267 g/mol. The second kappa shape index (κ2) is 6.69. The van der Waals surface area contributed by atoms with E-state index in [2.05, 4.69) is 38.3 Å². The van der Waals surface area contributed by atoms with Crippen LogP contribution in [0.5, 0.6) is 0 Å². The molecule has 3 atom stereocenters. The second-order valence-corrected chi connectivity index (χ2v) is 6.34. The lowest BCUT2D eigenvalue weighted by molar-refractivity contribution is 0.0784. The van der Waals surface area contributed by atoms with Crippen molar-refractivity contribution in [2.24, 2.45) is 5.92 Å². The Morgan fingerprint density at radius 2 is 2.17 bits per heavy atom. The van der Waals surface area contributed by atoms with Crippen LogP contribution in [0.2, 0.25) is 0 Å². The van der Waals surface area contributed by atoms with E-state index in [1.165, 1.54) is 16.2 Å². The highest BCUT2D eigenvalue weighted by molar-refractivity contribution is 7.11. The number of hydrogen-bond acceptors (Lipinski definition) is 3. The SMILES string of the molecule is CCc1ccc(CC(NC)C2CCOC2CC)s1. The molecule has 1 aliphatic heterocycles. The van der Waals surface area contributed by atoms with Crippen LogP contribution in [0.15, 0.2) is 12.1 Å². The van der Waals surface area contributed by atoms with Crippen molar-refractivity contribution < 1.29 is 4.74 Å². The van der Waals surface area contributed by atoms with Gasteiger partial charge in [-0.1, -0.05) is 13.8 Å². The number of ether oxygens (including phenoxy) is 1. The normalized spacial score (nSPS) is 25.5. The maximum atomic E-state index is 5.83. The number of nitrogens with one attached hydrogen (secondary N) is 1. The van der Waals surface area contributed by atoms with Crippen LogP contribution < -0.4 is 5.32 Å². The lowest BCUT2D eigenvalue weighted by Crippen LogP contribution is -2.39. The third kappa shape index (κ3) is 3.14. The van der Waals surface area contributed by atoms with Crippen molar-refractivity contribution >= 4 is 11.3 Å². The molecular weight excluding hydrogens is 242 g/mol. The summed E-state index contributed by atoms with van der Waals surface area (Å²) < 4.78 is 5.83. The van der Waals surface area contributed by atoms with Gasteiger partial charge in [0, 0.05) is 28.3 Å². The highest BCUT2D eigenvalue weighted by atomic mass is 32.1. The van der Waals surface area contributed by atoms with Gasteiger partial charge in [0.2, 0.25) is 0 Å². The average Bonchev–Trinajstić information content (AvgIpc) is 3.04.